The van der Waals surface area contributed by atoms with Crippen LogP contribution in [-0.2, 0) is 14.8 Å². The molecular weight excluding hydrogens is 406 g/mol. The summed E-state index contributed by atoms with van der Waals surface area (Å²) in [6, 6.07) is 11.8. The van der Waals surface area contributed by atoms with Crippen LogP contribution in [0.3, 0.4) is 0 Å². The largest absolute Gasteiger partial charge is 0.489 e. The Balaban J connectivity index is 1.74. The van der Waals surface area contributed by atoms with Crippen LogP contribution in [-0.4, -0.2) is 45.3 Å². The van der Waals surface area contributed by atoms with E-state index in [1.807, 2.05) is 0 Å². The molecule has 3 N–H and O–H groups in total. The molecule has 2 heterocycles. The van der Waals surface area contributed by atoms with Gasteiger partial charge in [0, 0.05) is 17.6 Å². The highest BCUT2D eigenvalue weighted by Gasteiger charge is 2.46. The van der Waals surface area contributed by atoms with Crippen LogP contribution in [0.2, 0.25) is 0 Å². The number of hydrogen-bond donors (Lipinski definition) is 2. The van der Waals surface area contributed by atoms with E-state index in [2.05, 4.69) is 4.72 Å². The highest BCUT2D eigenvalue weighted by atomic mass is 32.2. The Morgan fingerprint density at radius 1 is 1.20 bits per heavy atom. The van der Waals surface area contributed by atoms with Gasteiger partial charge in [-0.1, -0.05) is 24.3 Å². The highest BCUT2D eigenvalue weighted by molar-refractivity contribution is 7.89. The molecule has 0 bridgehead atoms. The molecule has 30 heavy (non-hydrogen) atoms. The summed E-state index contributed by atoms with van der Waals surface area (Å²) in [7, 11) is -3.74. The minimum absolute atomic E-state index is 0.178. The summed E-state index contributed by atoms with van der Waals surface area (Å²) in [5, 5.41) is 0. The van der Waals surface area contributed by atoms with Gasteiger partial charge in [-0.2, -0.15) is 0 Å². The third-order valence-electron chi connectivity index (χ3n) is 5.00. The Bertz CT molecular complexity index is 1090. The fraction of sp³-hybridized carbons (Fsp3) is 0.381. The second kappa shape index (κ2) is 7.26. The van der Waals surface area contributed by atoms with Crippen molar-refractivity contribution < 1.29 is 22.7 Å². The molecule has 2 aromatic rings. The maximum atomic E-state index is 13.0. The van der Waals surface area contributed by atoms with Crippen molar-refractivity contribution in [1.29, 1.82) is 0 Å². The smallest absolute Gasteiger partial charge is 0.415 e. The summed E-state index contributed by atoms with van der Waals surface area (Å²) in [6.07, 6.45) is -0.871. The molecule has 2 aliphatic rings. The summed E-state index contributed by atoms with van der Waals surface area (Å²) in [5.41, 5.74) is 6.89. The number of amides is 1. The van der Waals surface area contributed by atoms with E-state index in [9.17, 15) is 13.2 Å². The minimum atomic E-state index is -3.74. The molecule has 1 fully saturated rings. The van der Waals surface area contributed by atoms with E-state index in [1.165, 1.54) is 0 Å². The normalized spacial score (nSPS) is 20.9. The van der Waals surface area contributed by atoms with Gasteiger partial charge >= 0.3 is 6.09 Å². The Morgan fingerprint density at radius 2 is 1.93 bits per heavy atom. The molecule has 9 heteroatoms. The van der Waals surface area contributed by atoms with Gasteiger partial charge in [-0.05, 0) is 44.5 Å². The first-order chi connectivity index (χ1) is 14.1. The average Bonchev–Trinajstić information content (AvgIpc) is 3.02. The molecule has 2 atom stereocenters. The molecule has 8 nitrogen and oxygen atoms in total. The number of nitrogens with zero attached hydrogens (tertiary/aromatic N) is 1. The molecule has 0 aromatic heterocycles. The first kappa shape index (κ1) is 20.6. The molecule has 0 saturated carbocycles. The van der Waals surface area contributed by atoms with Crippen LogP contribution in [0.1, 0.15) is 20.8 Å². The molecule has 160 valence electrons. The second-order valence-electron chi connectivity index (χ2n) is 8.44. The average molecular weight is 432 g/mol. The summed E-state index contributed by atoms with van der Waals surface area (Å²) in [6.45, 7) is 5.85. The van der Waals surface area contributed by atoms with Gasteiger partial charge in [-0.15, -0.1) is 0 Å². The lowest BCUT2D eigenvalue weighted by Gasteiger charge is -2.31. The fourth-order valence-electron chi connectivity index (χ4n) is 3.80. The van der Waals surface area contributed by atoms with Gasteiger partial charge in [0.2, 0.25) is 10.0 Å². The van der Waals surface area contributed by atoms with Crippen molar-refractivity contribution in [2.24, 2.45) is 5.73 Å². The molecule has 2 aromatic carbocycles. The number of fused-ring (bicyclic) bond motifs is 3. The van der Waals surface area contributed by atoms with Crippen molar-refractivity contribution in [2.75, 3.05) is 18.1 Å². The van der Waals surface area contributed by atoms with E-state index in [4.69, 9.17) is 15.2 Å². The van der Waals surface area contributed by atoms with Crippen molar-refractivity contribution in [1.82, 2.24) is 4.72 Å². The summed E-state index contributed by atoms with van der Waals surface area (Å²) in [5.74, 6) is 0.495. The number of carbonyl (C=O) groups is 1. The van der Waals surface area contributed by atoms with Gasteiger partial charge in [-0.3, -0.25) is 4.90 Å². The molecule has 0 aliphatic carbocycles. The Morgan fingerprint density at radius 3 is 2.63 bits per heavy atom. The minimum Gasteiger partial charge on any atom is -0.489 e. The standard InChI is InChI=1S/C21H25N3O5S/c1-21(2,3)23-30(26,27)19-7-5-4-6-14(19)13-8-9-15-17(10-13)28-12-16-18(11-22)29-20(25)24(15)16/h4-10,16,18,23H,11-12,22H2,1-3H3/t16-,18-/m0/s1. The van der Waals surface area contributed by atoms with E-state index in [0.717, 1.165) is 0 Å². The van der Waals surface area contributed by atoms with Crippen LogP contribution in [0.5, 0.6) is 5.75 Å². The zero-order chi connectivity index (χ0) is 21.7. The molecular formula is C21H25N3O5S. The number of sulfonamides is 1. The maximum absolute atomic E-state index is 13.0. The molecule has 0 radical (unpaired) electrons. The molecule has 1 saturated heterocycles. The lowest BCUT2D eigenvalue weighted by Crippen LogP contribution is -2.46. The van der Waals surface area contributed by atoms with Crippen LogP contribution in [0.4, 0.5) is 10.5 Å². The zero-order valence-corrected chi connectivity index (χ0v) is 17.9. The fourth-order valence-corrected chi connectivity index (χ4v) is 5.45. The predicted molar refractivity (Wildman–Crippen MR) is 113 cm³/mol. The summed E-state index contributed by atoms with van der Waals surface area (Å²) >= 11 is 0. The summed E-state index contributed by atoms with van der Waals surface area (Å²) in [4.78, 5) is 14.1. The number of benzene rings is 2. The number of anilines is 1. The molecule has 1 amide bonds. The number of cyclic esters (lactones) is 1. The molecule has 0 unspecified atom stereocenters. The van der Waals surface area contributed by atoms with Gasteiger partial charge in [0.05, 0.1) is 10.6 Å². The number of hydrogen-bond acceptors (Lipinski definition) is 6. The Labute approximate surface area is 176 Å². The highest BCUT2D eigenvalue weighted by Crippen LogP contribution is 2.41. The van der Waals surface area contributed by atoms with E-state index >= 15 is 0 Å². The van der Waals surface area contributed by atoms with Crippen LogP contribution < -0.4 is 20.1 Å². The van der Waals surface area contributed by atoms with Crippen LogP contribution >= 0.6 is 0 Å². The Kier molecular flexibility index (Phi) is 5.00. The maximum Gasteiger partial charge on any atom is 0.415 e. The first-order valence-electron chi connectivity index (χ1n) is 9.71. The van der Waals surface area contributed by atoms with Gasteiger partial charge in [-0.25, -0.2) is 17.9 Å². The van der Waals surface area contributed by atoms with Gasteiger partial charge in [0.15, 0.2) is 0 Å². The van der Waals surface area contributed by atoms with Crippen molar-refractivity contribution in [2.45, 2.75) is 43.4 Å². The van der Waals surface area contributed by atoms with Crippen LogP contribution in [0, 0.1) is 0 Å². The van der Waals surface area contributed by atoms with E-state index in [0.29, 0.717) is 22.6 Å². The molecule has 4 rings (SSSR count). The topological polar surface area (TPSA) is 111 Å². The van der Waals surface area contributed by atoms with Gasteiger partial charge in [0.1, 0.15) is 24.5 Å². The number of rotatable bonds is 4. The Hall–Kier alpha value is -2.62. The van der Waals surface area contributed by atoms with E-state index in [-0.39, 0.29) is 24.1 Å². The lowest BCUT2D eigenvalue weighted by molar-refractivity contribution is 0.126. The second-order valence-corrected chi connectivity index (χ2v) is 10.1. The van der Waals surface area contributed by atoms with Gasteiger partial charge < -0.3 is 15.2 Å². The predicted octanol–water partition coefficient (Wildman–Crippen LogP) is 2.48. The van der Waals surface area contributed by atoms with E-state index in [1.54, 1.807) is 68.1 Å². The number of nitrogens with one attached hydrogen (secondary N) is 1. The van der Waals surface area contributed by atoms with E-state index < -0.39 is 27.8 Å². The summed E-state index contributed by atoms with van der Waals surface area (Å²) < 4.78 is 39.9. The van der Waals surface area contributed by atoms with Crippen LogP contribution in [0.25, 0.3) is 11.1 Å². The zero-order valence-electron chi connectivity index (χ0n) is 17.1. The van der Waals surface area contributed by atoms with Crippen molar-refractivity contribution in [3.8, 4) is 16.9 Å². The SMILES string of the molecule is CC(C)(C)NS(=O)(=O)c1ccccc1-c1ccc2c(c1)OC[C@H]1[C@H](CN)OC(=O)N21. The monoisotopic (exact) mass is 431 g/mol. The number of ether oxygens (including phenoxy) is 2. The van der Waals surface area contributed by atoms with Gasteiger partial charge in [0.25, 0.3) is 0 Å². The van der Waals surface area contributed by atoms with Crippen molar-refractivity contribution >= 4 is 21.8 Å². The molecule has 0 spiro atoms. The van der Waals surface area contributed by atoms with Crippen molar-refractivity contribution in [3.63, 3.8) is 0 Å². The quantitative estimate of drug-likeness (QED) is 0.769. The number of carbonyl (C=O) groups excluding carboxylic acids is 1. The lowest BCUT2D eigenvalue weighted by atomic mass is 10.0. The molecule has 2 aliphatic heterocycles. The third-order valence-corrected chi connectivity index (χ3v) is 6.82. The third kappa shape index (κ3) is 3.64. The van der Waals surface area contributed by atoms with Crippen LogP contribution in [0.15, 0.2) is 47.4 Å². The first-order valence-corrected chi connectivity index (χ1v) is 11.2. The van der Waals surface area contributed by atoms with Crippen molar-refractivity contribution in [3.05, 3.63) is 42.5 Å². The number of nitrogens with two attached hydrogens (primary N) is 1.